The van der Waals surface area contributed by atoms with E-state index >= 15 is 0 Å². The van der Waals surface area contributed by atoms with Crippen LogP contribution in [0, 0.1) is 0 Å². The molecular weight excluding hydrogens is 474 g/mol. The van der Waals surface area contributed by atoms with Gasteiger partial charge in [-0.15, -0.1) is 0 Å². The summed E-state index contributed by atoms with van der Waals surface area (Å²) in [4.78, 5) is 41.1. The van der Waals surface area contributed by atoms with Crippen LogP contribution in [0.5, 0.6) is 11.5 Å². The van der Waals surface area contributed by atoms with E-state index in [9.17, 15) is 14.4 Å². The second-order valence-electron chi connectivity index (χ2n) is 8.52. The van der Waals surface area contributed by atoms with Gasteiger partial charge in [0.05, 0.1) is 26.2 Å². The van der Waals surface area contributed by atoms with Crippen molar-refractivity contribution in [2.45, 2.75) is 26.7 Å². The molecule has 10 heteroatoms. The van der Waals surface area contributed by atoms with Crippen molar-refractivity contribution in [1.82, 2.24) is 25.3 Å². The molecule has 0 saturated carbocycles. The molecule has 0 unspecified atom stereocenters. The molecule has 10 nitrogen and oxygen atoms in total. The second-order valence-corrected chi connectivity index (χ2v) is 8.52. The molecule has 0 fully saturated rings. The van der Waals surface area contributed by atoms with E-state index in [0.29, 0.717) is 34.5 Å². The number of rotatable bonds is 13. The molecule has 198 valence electrons. The second kappa shape index (κ2) is 13.4. The van der Waals surface area contributed by atoms with E-state index in [0.717, 1.165) is 37.2 Å². The number of nitrogens with zero attached hydrogens (tertiary/aromatic N) is 3. The van der Waals surface area contributed by atoms with E-state index < -0.39 is 11.5 Å². The van der Waals surface area contributed by atoms with Crippen LogP contribution in [0.15, 0.2) is 47.3 Å². The molecule has 0 bridgehead atoms. The van der Waals surface area contributed by atoms with Gasteiger partial charge in [-0.25, -0.2) is 0 Å². The van der Waals surface area contributed by atoms with Crippen LogP contribution < -0.4 is 25.7 Å². The van der Waals surface area contributed by atoms with Crippen LogP contribution in [-0.4, -0.2) is 73.4 Å². The third kappa shape index (κ3) is 6.85. The maximum absolute atomic E-state index is 13.3. The molecule has 0 aliphatic rings. The standard InChI is InChI=1S/C27H35N5O5/c1-5-14-31(15-6-2)16-13-28-24(33)18-29-26(34)25-20-9-7-8-10-21(20)27(35)32(30-25)22-12-11-19(36-3)17-23(22)37-4/h7-12,17H,5-6,13-16,18H2,1-4H3,(H,28,33)(H,29,34). The Morgan fingerprint density at radius 2 is 1.65 bits per heavy atom. The Morgan fingerprint density at radius 1 is 0.946 bits per heavy atom. The summed E-state index contributed by atoms with van der Waals surface area (Å²) in [6.07, 6.45) is 2.10. The van der Waals surface area contributed by atoms with Gasteiger partial charge in [0.1, 0.15) is 17.2 Å². The fraction of sp³-hybridized carbons (Fsp3) is 0.407. The average Bonchev–Trinajstić information content (AvgIpc) is 2.92. The largest absolute Gasteiger partial charge is 0.497 e. The number of carbonyl (C=O) groups excluding carboxylic acids is 2. The van der Waals surface area contributed by atoms with Crippen LogP contribution in [0.25, 0.3) is 16.5 Å². The Hall–Kier alpha value is -3.92. The number of nitrogens with one attached hydrogen (secondary N) is 2. The highest BCUT2D eigenvalue weighted by Crippen LogP contribution is 2.27. The Labute approximate surface area is 216 Å². The Balaban J connectivity index is 1.81. The lowest BCUT2D eigenvalue weighted by molar-refractivity contribution is -0.120. The Bertz CT molecular complexity index is 1280. The number of methoxy groups -OCH3 is 2. The number of hydrogen-bond acceptors (Lipinski definition) is 7. The Kier molecular flexibility index (Phi) is 10.0. The van der Waals surface area contributed by atoms with Gasteiger partial charge in [-0.3, -0.25) is 14.4 Å². The number of fused-ring (bicyclic) bond motifs is 1. The lowest BCUT2D eigenvalue weighted by atomic mass is 10.1. The van der Waals surface area contributed by atoms with E-state index in [-0.39, 0.29) is 18.1 Å². The van der Waals surface area contributed by atoms with Crippen LogP contribution in [0.3, 0.4) is 0 Å². The minimum Gasteiger partial charge on any atom is -0.497 e. The van der Waals surface area contributed by atoms with Gasteiger partial charge in [0, 0.05) is 24.5 Å². The van der Waals surface area contributed by atoms with Crippen LogP contribution in [0.1, 0.15) is 37.2 Å². The van der Waals surface area contributed by atoms with E-state index in [1.807, 2.05) is 0 Å². The van der Waals surface area contributed by atoms with Crippen molar-refractivity contribution >= 4 is 22.6 Å². The fourth-order valence-corrected chi connectivity index (χ4v) is 4.11. The fourth-order valence-electron chi connectivity index (χ4n) is 4.11. The molecular formula is C27H35N5O5. The van der Waals surface area contributed by atoms with Gasteiger partial charge in [-0.2, -0.15) is 9.78 Å². The van der Waals surface area contributed by atoms with Crippen LogP contribution in [-0.2, 0) is 4.79 Å². The smallest absolute Gasteiger partial charge is 0.279 e. The number of amides is 2. The molecule has 0 saturated heterocycles. The summed E-state index contributed by atoms with van der Waals surface area (Å²) in [5.41, 5.74) is -0.0235. The van der Waals surface area contributed by atoms with Crippen molar-refractivity contribution in [3.63, 3.8) is 0 Å². The molecule has 37 heavy (non-hydrogen) atoms. The molecule has 2 N–H and O–H groups in total. The lowest BCUT2D eigenvalue weighted by Crippen LogP contribution is -2.41. The molecule has 1 aromatic heterocycles. The summed E-state index contributed by atoms with van der Waals surface area (Å²) in [5, 5.41) is 10.6. The van der Waals surface area contributed by atoms with Gasteiger partial charge < -0.3 is 25.0 Å². The van der Waals surface area contributed by atoms with E-state index in [2.05, 4.69) is 34.5 Å². The molecule has 2 aromatic carbocycles. The minimum atomic E-state index is -0.564. The monoisotopic (exact) mass is 509 g/mol. The number of carbonyl (C=O) groups is 2. The van der Waals surface area contributed by atoms with Crippen LogP contribution >= 0.6 is 0 Å². The van der Waals surface area contributed by atoms with Gasteiger partial charge >= 0.3 is 0 Å². The predicted molar refractivity (Wildman–Crippen MR) is 143 cm³/mol. The molecule has 3 rings (SSSR count). The van der Waals surface area contributed by atoms with Crippen molar-refractivity contribution in [3.8, 4) is 17.2 Å². The number of aromatic nitrogens is 2. The first kappa shape index (κ1) is 27.7. The summed E-state index contributed by atoms with van der Waals surface area (Å²) < 4.78 is 11.8. The molecule has 0 radical (unpaired) electrons. The molecule has 0 atom stereocenters. The highest BCUT2D eigenvalue weighted by Gasteiger charge is 2.20. The van der Waals surface area contributed by atoms with Gasteiger partial charge in [0.2, 0.25) is 5.91 Å². The molecule has 0 aliphatic heterocycles. The first-order chi connectivity index (χ1) is 17.9. The quantitative estimate of drug-likeness (QED) is 0.364. The zero-order valence-corrected chi connectivity index (χ0v) is 21.9. The summed E-state index contributed by atoms with van der Waals surface area (Å²) in [5.74, 6) is 0.0444. The summed E-state index contributed by atoms with van der Waals surface area (Å²) >= 11 is 0. The SMILES string of the molecule is CCCN(CCC)CCNC(=O)CNC(=O)c1nn(-c2ccc(OC)cc2OC)c(=O)c2ccccc12. The molecule has 0 spiro atoms. The average molecular weight is 510 g/mol. The molecule has 0 aliphatic carbocycles. The predicted octanol–water partition coefficient (Wildman–Crippen LogP) is 2.37. The third-order valence-corrected chi connectivity index (χ3v) is 5.87. The summed E-state index contributed by atoms with van der Waals surface area (Å²) in [6.45, 7) is 7.26. The van der Waals surface area contributed by atoms with Crippen molar-refractivity contribution in [1.29, 1.82) is 0 Å². The molecule has 1 heterocycles. The minimum absolute atomic E-state index is 0.0259. The Morgan fingerprint density at radius 3 is 2.30 bits per heavy atom. The van der Waals surface area contributed by atoms with Gasteiger partial charge in [-0.05, 0) is 44.1 Å². The van der Waals surface area contributed by atoms with Crippen LogP contribution in [0.2, 0.25) is 0 Å². The lowest BCUT2D eigenvalue weighted by Gasteiger charge is -2.20. The maximum Gasteiger partial charge on any atom is 0.279 e. The van der Waals surface area contributed by atoms with Crippen molar-refractivity contribution in [3.05, 3.63) is 58.5 Å². The van der Waals surface area contributed by atoms with Crippen LogP contribution in [0.4, 0.5) is 0 Å². The number of benzene rings is 2. The van der Waals surface area contributed by atoms with E-state index in [4.69, 9.17) is 9.47 Å². The molecule has 2 amide bonds. The highest BCUT2D eigenvalue weighted by atomic mass is 16.5. The van der Waals surface area contributed by atoms with Crippen molar-refractivity contribution in [2.75, 3.05) is 46.9 Å². The highest BCUT2D eigenvalue weighted by molar-refractivity contribution is 6.05. The van der Waals surface area contributed by atoms with Gasteiger partial charge in [-0.1, -0.05) is 32.0 Å². The summed E-state index contributed by atoms with van der Waals surface area (Å²) in [7, 11) is 3.00. The number of hydrogen-bond donors (Lipinski definition) is 2. The third-order valence-electron chi connectivity index (χ3n) is 5.87. The molecule has 3 aromatic rings. The van der Waals surface area contributed by atoms with Gasteiger partial charge in [0.15, 0.2) is 5.69 Å². The van der Waals surface area contributed by atoms with Crippen molar-refractivity contribution < 1.29 is 19.1 Å². The summed E-state index contributed by atoms with van der Waals surface area (Å²) in [6, 6.07) is 11.7. The first-order valence-electron chi connectivity index (χ1n) is 12.4. The zero-order valence-electron chi connectivity index (χ0n) is 21.9. The van der Waals surface area contributed by atoms with E-state index in [1.54, 1.807) is 42.5 Å². The number of ether oxygens (including phenoxy) is 2. The first-order valence-corrected chi connectivity index (χ1v) is 12.4. The zero-order chi connectivity index (χ0) is 26.8. The normalized spacial score (nSPS) is 10.9. The van der Waals surface area contributed by atoms with Gasteiger partial charge in [0.25, 0.3) is 11.5 Å². The maximum atomic E-state index is 13.3. The topological polar surface area (TPSA) is 115 Å². The van der Waals surface area contributed by atoms with Crippen molar-refractivity contribution in [2.24, 2.45) is 0 Å². The van der Waals surface area contributed by atoms with E-state index in [1.165, 1.54) is 14.2 Å².